The van der Waals surface area contributed by atoms with Gasteiger partial charge in [-0.1, -0.05) is 5.16 Å². The lowest BCUT2D eigenvalue weighted by atomic mass is 10.1. The molecule has 1 fully saturated rings. The number of nitrogens with one attached hydrogen (secondary N) is 1. The Morgan fingerprint density at radius 2 is 2.08 bits per heavy atom. The fourth-order valence-electron chi connectivity index (χ4n) is 2.85. The average molecular weight is 329 g/mol. The molecule has 7 nitrogen and oxygen atoms in total. The number of aromatic nitrogens is 1. The normalized spacial score (nSPS) is 16.9. The van der Waals surface area contributed by atoms with E-state index in [1.165, 1.54) is 7.11 Å². The smallest absolute Gasteiger partial charge is 0.337 e. The summed E-state index contributed by atoms with van der Waals surface area (Å²) in [5.74, 6) is 0.300. The maximum atomic E-state index is 12.5. The molecule has 2 aromatic rings. The van der Waals surface area contributed by atoms with Crippen molar-refractivity contribution in [2.45, 2.75) is 25.8 Å². The number of anilines is 1. The van der Waals surface area contributed by atoms with Crippen molar-refractivity contribution < 1.29 is 18.8 Å². The molecule has 1 N–H and O–H groups in total. The van der Waals surface area contributed by atoms with Crippen LogP contribution in [0.3, 0.4) is 0 Å². The van der Waals surface area contributed by atoms with Crippen molar-refractivity contribution in [3.8, 4) is 0 Å². The van der Waals surface area contributed by atoms with Gasteiger partial charge >= 0.3 is 12.0 Å². The molecule has 1 saturated heterocycles. The first-order valence-electron chi connectivity index (χ1n) is 7.77. The lowest BCUT2D eigenvalue weighted by Gasteiger charge is -2.23. The summed E-state index contributed by atoms with van der Waals surface area (Å²) in [6.07, 6.45) is 1.77. The summed E-state index contributed by atoms with van der Waals surface area (Å²) in [6.45, 7) is 2.52. The number of hydrogen-bond acceptors (Lipinski definition) is 5. The Labute approximate surface area is 139 Å². The third kappa shape index (κ3) is 3.24. The SMILES string of the molecule is COC(=O)c1ccc(NC(=O)N2CCC[C@@H]2c2cc(C)no2)cc1. The Kier molecular flexibility index (Phi) is 4.50. The van der Waals surface area contributed by atoms with E-state index >= 15 is 0 Å². The topological polar surface area (TPSA) is 84.7 Å². The number of amides is 2. The van der Waals surface area contributed by atoms with Gasteiger partial charge in [0.25, 0.3) is 0 Å². The van der Waals surface area contributed by atoms with Crippen molar-refractivity contribution in [1.82, 2.24) is 10.1 Å². The standard InChI is InChI=1S/C17H19N3O4/c1-11-10-15(24-19-11)14-4-3-9-20(14)17(22)18-13-7-5-12(6-8-13)16(21)23-2/h5-8,10,14H,3-4,9H2,1-2H3,(H,18,22)/t14-/m1/s1. The van der Waals surface area contributed by atoms with Crippen LogP contribution in [0.5, 0.6) is 0 Å². The first-order chi connectivity index (χ1) is 11.6. The average Bonchev–Trinajstić information content (AvgIpc) is 3.23. The Bertz CT molecular complexity index is 739. The molecule has 126 valence electrons. The highest BCUT2D eigenvalue weighted by molar-refractivity contribution is 5.92. The zero-order valence-electron chi connectivity index (χ0n) is 13.6. The molecule has 7 heteroatoms. The first-order valence-corrected chi connectivity index (χ1v) is 7.77. The molecular formula is C17H19N3O4. The molecule has 0 saturated carbocycles. The van der Waals surface area contributed by atoms with Gasteiger partial charge in [0.1, 0.15) is 0 Å². The predicted octanol–water partition coefficient (Wildman–Crippen LogP) is 3.14. The molecule has 1 aromatic carbocycles. The van der Waals surface area contributed by atoms with Crippen LogP contribution in [-0.2, 0) is 4.74 Å². The zero-order valence-corrected chi connectivity index (χ0v) is 13.6. The van der Waals surface area contributed by atoms with E-state index in [1.807, 2.05) is 13.0 Å². The third-order valence-electron chi connectivity index (χ3n) is 4.05. The van der Waals surface area contributed by atoms with Crippen LogP contribution in [0, 0.1) is 6.92 Å². The van der Waals surface area contributed by atoms with Gasteiger partial charge in [-0.3, -0.25) is 0 Å². The number of benzene rings is 1. The molecule has 1 aliphatic heterocycles. The number of hydrogen-bond donors (Lipinski definition) is 1. The largest absolute Gasteiger partial charge is 0.465 e. The number of urea groups is 1. The molecule has 24 heavy (non-hydrogen) atoms. The van der Waals surface area contributed by atoms with Gasteiger partial charge in [-0.25, -0.2) is 9.59 Å². The number of ether oxygens (including phenoxy) is 1. The van der Waals surface area contributed by atoms with E-state index < -0.39 is 5.97 Å². The van der Waals surface area contributed by atoms with Gasteiger partial charge in [0.15, 0.2) is 5.76 Å². The van der Waals surface area contributed by atoms with Crippen LogP contribution in [0.4, 0.5) is 10.5 Å². The maximum Gasteiger partial charge on any atom is 0.337 e. The van der Waals surface area contributed by atoms with E-state index in [0.29, 0.717) is 23.6 Å². The maximum absolute atomic E-state index is 12.5. The van der Waals surface area contributed by atoms with Gasteiger partial charge in [-0.15, -0.1) is 0 Å². The molecule has 1 aliphatic rings. The molecule has 0 unspecified atom stereocenters. The van der Waals surface area contributed by atoms with E-state index in [-0.39, 0.29) is 12.1 Å². The minimum Gasteiger partial charge on any atom is -0.465 e. The van der Waals surface area contributed by atoms with Crippen molar-refractivity contribution in [1.29, 1.82) is 0 Å². The van der Waals surface area contributed by atoms with Crippen molar-refractivity contribution in [3.63, 3.8) is 0 Å². The number of likely N-dealkylation sites (tertiary alicyclic amines) is 1. The van der Waals surface area contributed by atoms with Crippen molar-refractivity contribution >= 4 is 17.7 Å². The van der Waals surface area contributed by atoms with Crippen LogP contribution in [0.15, 0.2) is 34.9 Å². The molecule has 3 rings (SSSR count). The minimum atomic E-state index is -0.409. The number of methoxy groups -OCH3 is 1. The van der Waals surface area contributed by atoms with Crippen molar-refractivity contribution in [2.24, 2.45) is 0 Å². The summed E-state index contributed by atoms with van der Waals surface area (Å²) < 4.78 is 9.96. The van der Waals surface area contributed by atoms with Crippen molar-refractivity contribution in [3.05, 3.63) is 47.3 Å². The molecule has 1 atom stereocenters. The second-order valence-electron chi connectivity index (χ2n) is 5.72. The highest BCUT2D eigenvalue weighted by Crippen LogP contribution is 2.32. The highest BCUT2D eigenvalue weighted by atomic mass is 16.5. The zero-order chi connectivity index (χ0) is 17.1. The van der Waals surface area contributed by atoms with Crippen LogP contribution in [-0.4, -0.2) is 35.7 Å². The van der Waals surface area contributed by atoms with Crippen LogP contribution in [0.1, 0.15) is 40.7 Å². The predicted molar refractivity (Wildman–Crippen MR) is 86.7 cm³/mol. The fourth-order valence-corrected chi connectivity index (χ4v) is 2.85. The third-order valence-corrected chi connectivity index (χ3v) is 4.05. The van der Waals surface area contributed by atoms with E-state index in [2.05, 4.69) is 15.2 Å². The number of rotatable bonds is 3. The van der Waals surface area contributed by atoms with Crippen LogP contribution >= 0.6 is 0 Å². The van der Waals surface area contributed by atoms with Gasteiger partial charge in [0.2, 0.25) is 0 Å². The summed E-state index contributed by atoms with van der Waals surface area (Å²) in [5.41, 5.74) is 1.86. The number of nitrogens with zero attached hydrogens (tertiary/aromatic N) is 2. The second-order valence-corrected chi connectivity index (χ2v) is 5.72. The molecular weight excluding hydrogens is 310 g/mol. The minimum absolute atomic E-state index is 0.0967. The summed E-state index contributed by atoms with van der Waals surface area (Å²) in [4.78, 5) is 25.7. The second kappa shape index (κ2) is 6.74. The first kappa shape index (κ1) is 16.0. The number of carbonyl (C=O) groups excluding carboxylic acids is 2. The molecule has 0 bridgehead atoms. The quantitative estimate of drug-likeness (QED) is 0.875. The molecule has 1 aromatic heterocycles. The van der Waals surface area contributed by atoms with Crippen LogP contribution in [0.2, 0.25) is 0 Å². The van der Waals surface area contributed by atoms with Gasteiger partial charge in [0, 0.05) is 18.3 Å². The van der Waals surface area contributed by atoms with Crippen molar-refractivity contribution in [2.75, 3.05) is 19.0 Å². The summed E-state index contributed by atoms with van der Waals surface area (Å²) in [6, 6.07) is 8.15. The molecule has 2 heterocycles. The van der Waals surface area contributed by atoms with Gasteiger partial charge in [-0.05, 0) is 44.0 Å². The number of aryl methyl sites for hydroxylation is 1. The monoisotopic (exact) mass is 329 g/mol. The van der Waals surface area contributed by atoms with E-state index in [4.69, 9.17) is 4.52 Å². The molecule has 0 spiro atoms. The van der Waals surface area contributed by atoms with Crippen LogP contribution in [0.25, 0.3) is 0 Å². The van der Waals surface area contributed by atoms with Crippen LogP contribution < -0.4 is 5.32 Å². The van der Waals surface area contributed by atoms with E-state index in [1.54, 1.807) is 29.2 Å². The fraction of sp³-hybridized carbons (Fsp3) is 0.353. The summed E-state index contributed by atoms with van der Waals surface area (Å²) in [5, 5.41) is 6.74. The Hall–Kier alpha value is -2.83. The summed E-state index contributed by atoms with van der Waals surface area (Å²) in [7, 11) is 1.33. The van der Waals surface area contributed by atoms with E-state index in [9.17, 15) is 9.59 Å². The van der Waals surface area contributed by atoms with E-state index in [0.717, 1.165) is 18.5 Å². The van der Waals surface area contributed by atoms with Gasteiger partial charge < -0.3 is 19.5 Å². The lowest BCUT2D eigenvalue weighted by Crippen LogP contribution is -2.34. The lowest BCUT2D eigenvalue weighted by molar-refractivity contribution is 0.0600. The Morgan fingerprint density at radius 1 is 1.33 bits per heavy atom. The molecule has 0 aliphatic carbocycles. The summed E-state index contributed by atoms with van der Waals surface area (Å²) >= 11 is 0. The molecule has 2 amide bonds. The molecule has 0 radical (unpaired) electrons. The Morgan fingerprint density at radius 3 is 2.71 bits per heavy atom. The van der Waals surface area contributed by atoms with Gasteiger partial charge in [0.05, 0.1) is 24.4 Å². The van der Waals surface area contributed by atoms with Gasteiger partial charge in [-0.2, -0.15) is 0 Å². The highest BCUT2D eigenvalue weighted by Gasteiger charge is 2.32. The number of carbonyl (C=O) groups is 2. The number of esters is 1. The Balaban J connectivity index is 1.68.